The van der Waals surface area contributed by atoms with Gasteiger partial charge in [0, 0.05) is 26.7 Å². The summed E-state index contributed by atoms with van der Waals surface area (Å²) in [5.41, 5.74) is 3.27. The van der Waals surface area contributed by atoms with Gasteiger partial charge in [-0.15, -0.1) is 21.5 Å². The lowest BCUT2D eigenvalue weighted by Gasteiger charge is -2.04. The molecule has 0 aliphatic carbocycles. The number of rotatable bonds is 5. The molecule has 0 aliphatic rings. The van der Waals surface area contributed by atoms with Gasteiger partial charge >= 0.3 is 0 Å². The summed E-state index contributed by atoms with van der Waals surface area (Å²) in [6, 6.07) is 15.2. The van der Waals surface area contributed by atoms with E-state index in [-0.39, 0.29) is 12.3 Å². The van der Waals surface area contributed by atoms with Crippen molar-refractivity contribution in [2.24, 2.45) is 0 Å². The minimum Gasteiger partial charge on any atom is -0.423 e. The van der Waals surface area contributed by atoms with Gasteiger partial charge < -0.3 is 9.73 Å². The Labute approximate surface area is 167 Å². The highest BCUT2D eigenvalue weighted by atomic mass is 79.9. The zero-order valence-corrected chi connectivity index (χ0v) is 16.3. The molecule has 6 nitrogen and oxygen atoms in total. The van der Waals surface area contributed by atoms with Crippen LogP contribution in [0.2, 0.25) is 0 Å². The van der Waals surface area contributed by atoms with Gasteiger partial charge in [0.2, 0.25) is 18.2 Å². The SMILES string of the molecule is O=C(Cc1csc(-c2cccc(Br)c2)n1)Nc1ccc(-c2nnco2)cc1. The van der Waals surface area contributed by atoms with Crippen molar-refractivity contribution in [3.05, 3.63) is 70.5 Å². The van der Waals surface area contributed by atoms with Crippen molar-refractivity contribution in [2.45, 2.75) is 6.42 Å². The van der Waals surface area contributed by atoms with Crippen LogP contribution in [0.15, 0.2) is 69.2 Å². The second-order valence-electron chi connectivity index (χ2n) is 5.70. The third-order valence-electron chi connectivity index (χ3n) is 3.74. The molecule has 0 unspecified atom stereocenters. The maximum absolute atomic E-state index is 12.3. The predicted molar refractivity (Wildman–Crippen MR) is 107 cm³/mol. The van der Waals surface area contributed by atoms with E-state index in [2.05, 4.69) is 36.4 Å². The first-order valence-electron chi connectivity index (χ1n) is 8.04. The number of hydrogen-bond acceptors (Lipinski definition) is 6. The van der Waals surface area contributed by atoms with Gasteiger partial charge in [0.15, 0.2) is 0 Å². The molecule has 0 atom stereocenters. The first-order chi connectivity index (χ1) is 13.2. The minimum atomic E-state index is -0.119. The molecule has 4 aromatic rings. The lowest BCUT2D eigenvalue weighted by Crippen LogP contribution is -2.14. The number of hydrogen-bond donors (Lipinski definition) is 1. The van der Waals surface area contributed by atoms with E-state index >= 15 is 0 Å². The molecule has 0 aliphatic heterocycles. The number of carbonyl (C=O) groups is 1. The maximum atomic E-state index is 12.3. The van der Waals surface area contributed by atoms with Crippen molar-refractivity contribution < 1.29 is 9.21 Å². The molecule has 2 aromatic heterocycles. The highest BCUT2D eigenvalue weighted by molar-refractivity contribution is 9.10. The molecule has 8 heteroatoms. The molecular weight excluding hydrogens is 428 g/mol. The Bertz CT molecular complexity index is 1060. The van der Waals surface area contributed by atoms with Crippen LogP contribution in [0.25, 0.3) is 22.0 Å². The van der Waals surface area contributed by atoms with Crippen molar-refractivity contribution >= 4 is 38.9 Å². The van der Waals surface area contributed by atoms with E-state index in [0.717, 1.165) is 26.3 Å². The number of thiazole rings is 1. The lowest BCUT2D eigenvalue weighted by molar-refractivity contribution is -0.115. The van der Waals surface area contributed by atoms with Crippen molar-refractivity contribution in [3.8, 4) is 22.0 Å². The molecule has 27 heavy (non-hydrogen) atoms. The Morgan fingerprint density at radius 3 is 2.74 bits per heavy atom. The Balaban J connectivity index is 1.40. The molecule has 0 radical (unpaired) electrons. The van der Waals surface area contributed by atoms with Crippen molar-refractivity contribution in [1.82, 2.24) is 15.2 Å². The van der Waals surface area contributed by atoms with Crippen LogP contribution >= 0.6 is 27.3 Å². The molecule has 134 valence electrons. The van der Waals surface area contributed by atoms with Crippen LogP contribution in [-0.2, 0) is 11.2 Å². The van der Waals surface area contributed by atoms with E-state index in [1.807, 2.05) is 41.8 Å². The third-order valence-corrected chi connectivity index (χ3v) is 5.17. The Morgan fingerprint density at radius 2 is 2.00 bits per heavy atom. The van der Waals surface area contributed by atoms with E-state index < -0.39 is 0 Å². The molecule has 0 saturated heterocycles. The van der Waals surface area contributed by atoms with Gasteiger partial charge in [-0.3, -0.25) is 4.79 Å². The molecule has 1 amide bonds. The molecule has 2 aromatic carbocycles. The highest BCUT2D eigenvalue weighted by Gasteiger charge is 2.10. The molecule has 0 spiro atoms. The second kappa shape index (κ2) is 7.81. The standard InChI is InChI=1S/C19H13BrN4O2S/c20-14-3-1-2-13(8-14)19-23-16(10-27-19)9-17(25)22-15-6-4-12(5-7-15)18-24-21-11-26-18/h1-8,10-11H,9H2,(H,22,25). The van der Waals surface area contributed by atoms with Crippen LogP contribution in [0.3, 0.4) is 0 Å². The quantitative estimate of drug-likeness (QED) is 0.481. The average molecular weight is 441 g/mol. The first-order valence-corrected chi connectivity index (χ1v) is 9.71. The van der Waals surface area contributed by atoms with Gasteiger partial charge in [0.05, 0.1) is 12.1 Å². The van der Waals surface area contributed by atoms with Crippen LogP contribution in [-0.4, -0.2) is 21.1 Å². The number of anilines is 1. The summed E-state index contributed by atoms with van der Waals surface area (Å²) in [5, 5.41) is 13.2. The van der Waals surface area contributed by atoms with E-state index in [0.29, 0.717) is 11.6 Å². The molecule has 0 saturated carbocycles. The molecule has 1 N–H and O–H groups in total. The number of nitrogens with zero attached hydrogens (tertiary/aromatic N) is 3. The number of nitrogens with one attached hydrogen (secondary N) is 1. The highest BCUT2D eigenvalue weighted by Crippen LogP contribution is 2.26. The van der Waals surface area contributed by atoms with E-state index in [4.69, 9.17) is 4.42 Å². The summed E-state index contributed by atoms with van der Waals surface area (Å²) >= 11 is 4.99. The topological polar surface area (TPSA) is 80.9 Å². The van der Waals surface area contributed by atoms with Gasteiger partial charge in [0.1, 0.15) is 5.01 Å². The summed E-state index contributed by atoms with van der Waals surface area (Å²) in [7, 11) is 0. The average Bonchev–Trinajstić information content (AvgIpc) is 3.34. The zero-order valence-electron chi connectivity index (χ0n) is 13.9. The Hall–Kier alpha value is -2.84. The van der Waals surface area contributed by atoms with Gasteiger partial charge in [-0.2, -0.15) is 0 Å². The number of aromatic nitrogens is 3. The smallest absolute Gasteiger partial charge is 0.247 e. The fourth-order valence-corrected chi connectivity index (χ4v) is 3.72. The maximum Gasteiger partial charge on any atom is 0.247 e. The monoisotopic (exact) mass is 440 g/mol. The van der Waals surface area contributed by atoms with Gasteiger partial charge in [-0.05, 0) is 36.4 Å². The van der Waals surface area contributed by atoms with Gasteiger partial charge in [-0.1, -0.05) is 28.1 Å². The fourth-order valence-electron chi connectivity index (χ4n) is 2.51. The normalized spacial score (nSPS) is 10.7. The molecule has 0 fully saturated rings. The largest absolute Gasteiger partial charge is 0.423 e. The summed E-state index contributed by atoms with van der Waals surface area (Å²) < 4.78 is 6.14. The molecular formula is C19H13BrN4O2S. The molecule has 4 rings (SSSR count). The van der Waals surface area contributed by atoms with Crippen LogP contribution in [0, 0.1) is 0 Å². The summed E-state index contributed by atoms with van der Waals surface area (Å²) in [5.74, 6) is 0.321. The van der Waals surface area contributed by atoms with Gasteiger partial charge in [-0.25, -0.2) is 4.98 Å². The summed E-state index contributed by atoms with van der Waals surface area (Å²) in [6.07, 6.45) is 1.50. The van der Waals surface area contributed by atoms with E-state index in [9.17, 15) is 4.79 Å². The van der Waals surface area contributed by atoms with Crippen LogP contribution in [0.5, 0.6) is 0 Å². The third kappa shape index (κ3) is 4.29. The van der Waals surface area contributed by atoms with Crippen molar-refractivity contribution in [1.29, 1.82) is 0 Å². The van der Waals surface area contributed by atoms with Gasteiger partial charge in [0.25, 0.3) is 0 Å². The Kier molecular flexibility index (Phi) is 5.08. The number of carbonyl (C=O) groups excluding carboxylic acids is 1. The molecule has 2 heterocycles. The zero-order chi connectivity index (χ0) is 18.6. The Morgan fingerprint density at radius 1 is 1.15 bits per heavy atom. The fraction of sp³-hybridized carbons (Fsp3) is 0.0526. The number of halogens is 1. The second-order valence-corrected chi connectivity index (χ2v) is 7.47. The van der Waals surface area contributed by atoms with Crippen molar-refractivity contribution in [3.63, 3.8) is 0 Å². The number of benzene rings is 2. The predicted octanol–water partition coefficient (Wildman–Crippen LogP) is 4.80. The van der Waals surface area contributed by atoms with Crippen molar-refractivity contribution in [2.75, 3.05) is 5.32 Å². The van der Waals surface area contributed by atoms with Crippen LogP contribution < -0.4 is 5.32 Å². The van der Waals surface area contributed by atoms with Crippen LogP contribution in [0.4, 0.5) is 5.69 Å². The summed E-state index contributed by atoms with van der Waals surface area (Å²) in [6.45, 7) is 0. The molecule has 0 bridgehead atoms. The minimum absolute atomic E-state index is 0.119. The number of amides is 1. The summed E-state index contributed by atoms with van der Waals surface area (Å²) in [4.78, 5) is 16.9. The van der Waals surface area contributed by atoms with E-state index in [1.54, 1.807) is 12.1 Å². The van der Waals surface area contributed by atoms with Crippen LogP contribution in [0.1, 0.15) is 5.69 Å². The first kappa shape index (κ1) is 17.6. The van der Waals surface area contributed by atoms with E-state index in [1.165, 1.54) is 17.7 Å². The lowest BCUT2D eigenvalue weighted by atomic mass is 10.2.